The van der Waals surface area contributed by atoms with Crippen LogP contribution in [-0.2, 0) is 32.7 Å². The summed E-state index contributed by atoms with van der Waals surface area (Å²) in [4.78, 5) is 34.9. The fourth-order valence-electron chi connectivity index (χ4n) is 4.90. The summed E-state index contributed by atoms with van der Waals surface area (Å²) in [7, 11) is -4.66. The van der Waals surface area contributed by atoms with E-state index in [1.807, 2.05) is 36.5 Å². The molecule has 0 heterocycles. The fourth-order valence-corrected chi connectivity index (χ4v) is 5.69. The summed E-state index contributed by atoms with van der Waals surface area (Å²) in [6.07, 6.45) is 41.5. The van der Waals surface area contributed by atoms with Crippen LogP contribution < -0.4 is 0 Å². The topological polar surface area (TPSA) is 169 Å². The van der Waals surface area contributed by atoms with Gasteiger partial charge in [0.05, 0.1) is 25.9 Å². The van der Waals surface area contributed by atoms with Crippen molar-refractivity contribution in [1.82, 2.24) is 0 Å². The molecule has 0 aromatic heterocycles. The molecule has 0 spiro atoms. The Morgan fingerprint density at radius 2 is 1.20 bits per heavy atom. The number of hydrogen-bond donors (Lipinski definition) is 4. The number of allylic oxidation sites excluding steroid dienone is 12. The first-order valence-corrected chi connectivity index (χ1v) is 22.1. The van der Waals surface area contributed by atoms with E-state index in [9.17, 15) is 29.3 Å². The molecule has 12 heteroatoms. The molecule has 4 N–H and O–H groups in total. The van der Waals surface area contributed by atoms with Crippen LogP contribution in [0.5, 0.6) is 0 Å². The van der Waals surface area contributed by atoms with Crippen LogP contribution in [-0.4, -0.2) is 76.9 Å². The third kappa shape index (κ3) is 38.0. The number of rotatable bonds is 37. The highest BCUT2D eigenvalue weighted by Gasteiger charge is 2.27. The molecule has 0 aliphatic carbocycles. The van der Waals surface area contributed by atoms with Crippen molar-refractivity contribution in [3.8, 4) is 0 Å². The van der Waals surface area contributed by atoms with Crippen molar-refractivity contribution in [3.05, 3.63) is 85.1 Å². The maximum Gasteiger partial charge on any atom is 0.472 e. The molecule has 0 radical (unpaired) electrons. The Labute approximate surface area is 337 Å². The normalized spacial score (nSPS) is 15.3. The van der Waals surface area contributed by atoms with Gasteiger partial charge in [0.25, 0.3) is 0 Å². The van der Waals surface area contributed by atoms with Crippen LogP contribution in [0.1, 0.15) is 136 Å². The summed E-state index contributed by atoms with van der Waals surface area (Å²) in [5.41, 5.74) is 0. The lowest BCUT2D eigenvalue weighted by molar-refractivity contribution is -0.161. The van der Waals surface area contributed by atoms with Gasteiger partial charge in [-0.25, -0.2) is 4.57 Å². The van der Waals surface area contributed by atoms with Gasteiger partial charge in [-0.3, -0.25) is 18.6 Å². The van der Waals surface area contributed by atoms with E-state index < -0.39 is 57.9 Å². The van der Waals surface area contributed by atoms with Gasteiger partial charge in [-0.15, -0.1) is 0 Å². The Kier molecular flexibility index (Phi) is 36.9. The van der Waals surface area contributed by atoms with Crippen molar-refractivity contribution in [1.29, 1.82) is 0 Å². The molecular formula is C44H73O11P. The van der Waals surface area contributed by atoms with Crippen molar-refractivity contribution in [2.45, 2.75) is 154 Å². The number of phosphoric acid groups is 1. The first kappa shape index (κ1) is 53.1. The van der Waals surface area contributed by atoms with E-state index in [0.717, 1.165) is 57.8 Å². The van der Waals surface area contributed by atoms with Gasteiger partial charge >= 0.3 is 19.8 Å². The lowest BCUT2D eigenvalue weighted by atomic mass is 10.1. The summed E-state index contributed by atoms with van der Waals surface area (Å²) < 4.78 is 32.5. The zero-order valence-corrected chi connectivity index (χ0v) is 35.1. The number of phosphoric ester groups is 1. The predicted octanol–water partition coefficient (Wildman–Crippen LogP) is 9.63. The maximum absolute atomic E-state index is 12.6. The number of aliphatic hydroxyl groups excluding tert-OH is 3. The molecule has 0 aliphatic rings. The van der Waals surface area contributed by atoms with Crippen LogP contribution in [0.2, 0.25) is 0 Å². The van der Waals surface area contributed by atoms with Crippen LogP contribution in [0.4, 0.5) is 0 Å². The van der Waals surface area contributed by atoms with Gasteiger partial charge in [-0.05, 0) is 77.0 Å². The van der Waals surface area contributed by atoms with E-state index in [1.54, 1.807) is 6.08 Å². The van der Waals surface area contributed by atoms with Gasteiger partial charge in [0.1, 0.15) is 12.7 Å². The Morgan fingerprint density at radius 3 is 1.89 bits per heavy atom. The first-order chi connectivity index (χ1) is 27.1. The highest BCUT2D eigenvalue weighted by Crippen LogP contribution is 2.43. The molecule has 0 aromatic rings. The molecule has 56 heavy (non-hydrogen) atoms. The van der Waals surface area contributed by atoms with E-state index in [0.29, 0.717) is 32.1 Å². The molecular weight excluding hydrogens is 735 g/mol. The van der Waals surface area contributed by atoms with Crippen molar-refractivity contribution in [2.75, 3.05) is 26.4 Å². The highest BCUT2D eigenvalue weighted by atomic mass is 31.2. The van der Waals surface area contributed by atoms with Gasteiger partial charge in [-0.1, -0.05) is 131 Å². The largest absolute Gasteiger partial charge is 0.472 e. The Balaban J connectivity index is 4.53. The Morgan fingerprint density at radius 1 is 0.625 bits per heavy atom. The zero-order valence-electron chi connectivity index (χ0n) is 34.2. The lowest BCUT2D eigenvalue weighted by Crippen LogP contribution is -2.29. The molecule has 0 bridgehead atoms. The molecule has 0 amide bonds. The fraction of sp³-hybridized carbons (Fsp3) is 0.636. The molecule has 11 nitrogen and oxygen atoms in total. The van der Waals surface area contributed by atoms with Crippen LogP contribution in [0, 0.1) is 0 Å². The SMILES string of the molecule is CC/C=C\C/C=C\C/C=C\CCCCCCCC(=O)OC[C@H](COP(=O)(O)OC[C@@H](O)CO)OC(=O)CCC/C=C/C/C=C\C[C@@H](O)/C=C\C=C/CCCCC. The third-order valence-corrected chi connectivity index (χ3v) is 9.06. The third-order valence-electron chi connectivity index (χ3n) is 8.11. The molecule has 0 rings (SSSR count). The van der Waals surface area contributed by atoms with Crippen LogP contribution in [0.3, 0.4) is 0 Å². The number of esters is 2. The Hall–Kier alpha value is -2.89. The summed E-state index contributed by atoms with van der Waals surface area (Å²) in [6.45, 7) is 2.03. The van der Waals surface area contributed by atoms with Crippen molar-refractivity contribution in [3.63, 3.8) is 0 Å². The molecule has 0 saturated heterocycles. The van der Waals surface area contributed by atoms with Crippen LogP contribution in [0.25, 0.3) is 0 Å². The van der Waals surface area contributed by atoms with Crippen molar-refractivity contribution < 1.29 is 52.9 Å². The summed E-state index contributed by atoms with van der Waals surface area (Å²) in [6, 6.07) is 0. The number of aliphatic hydroxyl groups is 3. The second-order valence-corrected chi connectivity index (χ2v) is 14.9. The molecule has 320 valence electrons. The molecule has 0 fully saturated rings. The van der Waals surface area contributed by atoms with Gasteiger partial charge in [0, 0.05) is 12.8 Å². The maximum atomic E-state index is 12.6. The van der Waals surface area contributed by atoms with Gasteiger partial charge in [0.2, 0.25) is 0 Å². The number of carbonyl (C=O) groups is 2. The van der Waals surface area contributed by atoms with Crippen molar-refractivity contribution in [2.24, 2.45) is 0 Å². The smallest absolute Gasteiger partial charge is 0.462 e. The summed E-state index contributed by atoms with van der Waals surface area (Å²) >= 11 is 0. The van der Waals surface area contributed by atoms with Gasteiger partial charge in [-0.2, -0.15) is 0 Å². The first-order valence-electron chi connectivity index (χ1n) is 20.7. The molecule has 4 atom stereocenters. The monoisotopic (exact) mass is 808 g/mol. The number of hydrogen-bond acceptors (Lipinski definition) is 10. The predicted molar refractivity (Wildman–Crippen MR) is 225 cm³/mol. The van der Waals surface area contributed by atoms with E-state index >= 15 is 0 Å². The van der Waals surface area contributed by atoms with E-state index in [4.69, 9.17) is 19.1 Å². The van der Waals surface area contributed by atoms with Gasteiger partial charge in [0.15, 0.2) is 6.10 Å². The lowest BCUT2D eigenvalue weighted by Gasteiger charge is -2.20. The second-order valence-electron chi connectivity index (χ2n) is 13.5. The molecule has 0 saturated carbocycles. The standard InChI is InChI=1S/C44H73O11P/c1-3-5-7-9-11-12-13-14-15-16-17-18-22-26-30-34-43(48)52-38-42(39-54-56(50,51)53-37-41(47)36-45)55-44(49)35-31-27-23-19-21-25-29-33-40(46)32-28-24-20-10-8-6-4-2/h5,7,11-12,14-15,19-20,23-25,28-29,32,40-42,45-47H,3-4,6,8-10,13,16-18,21-22,26-27,30-31,33-39H2,1-2H3,(H,50,51)/b7-5-,12-11-,15-14-,23-19+,24-20-,29-25-,32-28-/t40-,41-,42+/m0/s1. The molecule has 1 unspecified atom stereocenters. The molecule has 0 aromatic carbocycles. The van der Waals surface area contributed by atoms with E-state index in [2.05, 4.69) is 60.9 Å². The number of ether oxygens (including phenoxy) is 2. The summed E-state index contributed by atoms with van der Waals surface area (Å²) in [5.74, 6) is -1.06. The van der Waals surface area contributed by atoms with Crippen molar-refractivity contribution >= 4 is 19.8 Å². The van der Waals surface area contributed by atoms with Crippen LogP contribution in [0.15, 0.2) is 85.1 Å². The zero-order chi connectivity index (χ0) is 41.4. The minimum Gasteiger partial charge on any atom is -0.462 e. The minimum atomic E-state index is -4.66. The minimum absolute atomic E-state index is 0.0654. The van der Waals surface area contributed by atoms with Crippen LogP contribution >= 0.6 is 7.82 Å². The Bertz CT molecular complexity index is 1220. The number of carbonyl (C=O) groups excluding carboxylic acids is 2. The quantitative estimate of drug-likeness (QED) is 0.0155. The second kappa shape index (κ2) is 39.0. The van der Waals surface area contributed by atoms with E-state index in [1.165, 1.54) is 19.3 Å². The number of unbranched alkanes of at least 4 members (excludes halogenated alkanes) is 9. The highest BCUT2D eigenvalue weighted by molar-refractivity contribution is 7.47. The van der Waals surface area contributed by atoms with Gasteiger partial charge < -0.3 is 29.7 Å². The average molecular weight is 809 g/mol. The molecule has 0 aliphatic heterocycles. The average Bonchev–Trinajstić information content (AvgIpc) is 3.18. The van der Waals surface area contributed by atoms with E-state index in [-0.39, 0.29) is 19.4 Å². The summed E-state index contributed by atoms with van der Waals surface area (Å²) in [5, 5.41) is 28.4.